The highest BCUT2D eigenvalue weighted by molar-refractivity contribution is 7.05. The third kappa shape index (κ3) is 2.17. The van der Waals surface area contributed by atoms with Gasteiger partial charge in [0, 0.05) is 10.6 Å². The van der Waals surface area contributed by atoms with Gasteiger partial charge in [0.2, 0.25) is 0 Å². The van der Waals surface area contributed by atoms with Gasteiger partial charge in [-0.1, -0.05) is 23.7 Å². The Morgan fingerprint density at radius 1 is 1.47 bits per heavy atom. The lowest BCUT2D eigenvalue weighted by molar-refractivity contribution is 0.281. The molecule has 0 unspecified atom stereocenters. The third-order valence-electron chi connectivity index (χ3n) is 2.03. The first-order chi connectivity index (χ1) is 7.20. The second kappa shape index (κ2) is 4.26. The number of aryl methyl sites for hydroxylation is 1. The molecule has 0 bridgehead atoms. The van der Waals surface area contributed by atoms with Crippen LogP contribution >= 0.6 is 23.1 Å². The normalized spacial score (nSPS) is 10.6. The summed E-state index contributed by atoms with van der Waals surface area (Å²) in [7, 11) is 0. The topological polar surface area (TPSA) is 46.0 Å². The minimum Gasteiger partial charge on any atom is -0.389 e. The molecular weight excluding hydrogens is 232 g/mol. The molecule has 1 N–H and O–H groups in total. The Morgan fingerprint density at radius 2 is 2.27 bits per heavy atom. The van der Waals surface area contributed by atoms with Crippen LogP contribution in [0.4, 0.5) is 0 Å². The maximum Gasteiger partial charge on any atom is 0.173 e. The number of aliphatic hydroxyl groups is 1. The molecule has 1 aromatic carbocycles. The molecular formula is C10H9ClN2OS. The van der Waals surface area contributed by atoms with Gasteiger partial charge in [-0.3, -0.25) is 0 Å². The molecule has 1 heterocycles. The second-order valence-corrected chi connectivity index (χ2v) is 4.38. The van der Waals surface area contributed by atoms with Crippen molar-refractivity contribution in [3.63, 3.8) is 0 Å². The highest BCUT2D eigenvalue weighted by Crippen LogP contribution is 2.24. The van der Waals surface area contributed by atoms with Crippen LogP contribution in [0, 0.1) is 6.92 Å². The van der Waals surface area contributed by atoms with E-state index in [9.17, 15) is 0 Å². The standard InChI is InChI=1S/C10H9ClN2OS/c1-6-2-3-7(4-8(6)11)10-12-9(5-14)15-13-10/h2-4,14H,5H2,1H3. The monoisotopic (exact) mass is 240 g/mol. The Morgan fingerprint density at radius 3 is 2.87 bits per heavy atom. The number of aromatic nitrogens is 2. The van der Waals surface area contributed by atoms with Crippen molar-refractivity contribution in [1.29, 1.82) is 0 Å². The van der Waals surface area contributed by atoms with Gasteiger partial charge in [-0.05, 0) is 30.1 Å². The van der Waals surface area contributed by atoms with Crippen molar-refractivity contribution in [3.05, 3.63) is 33.8 Å². The number of nitrogens with zero attached hydrogens (tertiary/aromatic N) is 2. The molecule has 0 saturated heterocycles. The lowest BCUT2D eigenvalue weighted by atomic mass is 10.1. The number of aliphatic hydroxyl groups excluding tert-OH is 1. The first kappa shape index (κ1) is 10.5. The summed E-state index contributed by atoms with van der Waals surface area (Å²) in [6, 6.07) is 5.68. The van der Waals surface area contributed by atoms with Crippen LogP contribution in [0.2, 0.25) is 5.02 Å². The fraction of sp³-hybridized carbons (Fsp3) is 0.200. The fourth-order valence-corrected chi connectivity index (χ4v) is 1.87. The molecule has 0 saturated carbocycles. The van der Waals surface area contributed by atoms with Crippen LogP contribution in [0.3, 0.4) is 0 Å². The van der Waals surface area contributed by atoms with Crippen molar-refractivity contribution in [2.75, 3.05) is 0 Å². The zero-order valence-electron chi connectivity index (χ0n) is 8.07. The molecule has 0 spiro atoms. The zero-order valence-corrected chi connectivity index (χ0v) is 9.64. The molecule has 0 amide bonds. The molecule has 0 atom stereocenters. The van der Waals surface area contributed by atoms with E-state index in [1.165, 1.54) is 11.5 Å². The van der Waals surface area contributed by atoms with Crippen LogP contribution in [-0.2, 0) is 6.61 Å². The van der Waals surface area contributed by atoms with Crippen LogP contribution in [0.1, 0.15) is 10.6 Å². The van der Waals surface area contributed by atoms with Crippen molar-refractivity contribution >= 4 is 23.1 Å². The summed E-state index contributed by atoms with van der Waals surface area (Å²) < 4.78 is 4.14. The Bertz CT molecular complexity index is 484. The predicted molar refractivity (Wildman–Crippen MR) is 61.0 cm³/mol. The smallest absolute Gasteiger partial charge is 0.173 e. The average Bonchev–Trinajstić information content (AvgIpc) is 2.70. The number of rotatable bonds is 2. The van der Waals surface area contributed by atoms with Crippen LogP contribution in [0.25, 0.3) is 11.4 Å². The van der Waals surface area contributed by atoms with E-state index in [2.05, 4.69) is 9.36 Å². The molecule has 78 valence electrons. The van der Waals surface area contributed by atoms with Gasteiger partial charge < -0.3 is 5.11 Å². The summed E-state index contributed by atoms with van der Waals surface area (Å²) >= 11 is 7.20. The summed E-state index contributed by atoms with van der Waals surface area (Å²) in [4.78, 5) is 4.17. The minimum absolute atomic E-state index is 0.0722. The summed E-state index contributed by atoms with van der Waals surface area (Å²) in [5.74, 6) is 0.617. The van der Waals surface area contributed by atoms with E-state index in [-0.39, 0.29) is 6.61 Å². The lowest BCUT2D eigenvalue weighted by Gasteiger charge is -1.99. The third-order valence-corrected chi connectivity index (χ3v) is 3.14. The summed E-state index contributed by atoms with van der Waals surface area (Å²) in [6.45, 7) is 1.87. The second-order valence-electron chi connectivity index (χ2n) is 3.13. The van der Waals surface area contributed by atoms with E-state index in [1.807, 2.05) is 25.1 Å². The maximum atomic E-state index is 8.88. The van der Waals surface area contributed by atoms with E-state index >= 15 is 0 Å². The van der Waals surface area contributed by atoms with Gasteiger partial charge in [0.05, 0.1) is 6.61 Å². The van der Waals surface area contributed by atoms with Crippen molar-refractivity contribution in [3.8, 4) is 11.4 Å². The van der Waals surface area contributed by atoms with E-state index in [4.69, 9.17) is 16.7 Å². The molecule has 2 rings (SSSR count). The molecule has 3 nitrogen and oxygen atoms in total. The number of halogens is 1. The van der Waals surface area contributed by atoms with E-state index in [0.717, 1.165) is 11.1 Å². The molecule has 2 aromatic rings. The van der Waals surface area contributed by atoms with Crippen molar-refractivity contribution in [1.82, 2.24) is 9.36 Å². The molecule has 15 heavy (non-hydrogen) atoms. The number of hydrogen-bond donors (Lipinski definition) is 1. The molecule has 0 aliphatic rings. The maximum absolute atomic E-state index is 8.88. The van der Waals surface area contributed by atoms with Crippen LogP contribution in [0.5, 0.6) is 0 Å². The van der Waals surface area contributed by atoms with Crippen LogP contribution in [0.15, 0.2) is 18.2 Å². The Labute approximate surface area is 96.5 Å². The van der Waals surface area contributed by atoms with Crippen LogP contribution in [-0.4, -0.2) is 14.5 Å². The van der Waals surface area contributed by atoms with Crippen molar-refractivity contribution in [2.24, 2.45) is 0 Å². The Kier molecular flexibility index (Phi) is 3.00. The van der Waals surface area contributed by atoms with Crippen molar-refractivity contribution in [2.45, 2.75) is 13.5 Å². The molecule has 0 radical (unpaired) electrons. The average molecular weight is 241 g/mol. The predicted octanol–water partition coefficient (Wildman–Crippen LogP) is 2.66. The Balaban J connectivity index is 2.40. The van der Waals surface area contributed by atoms with Gasteiger partial charge in [0.15, 0.2) is 5.82 Å². The van der Waals surface area contributed by atoms with Gasteiger partial charge in [-0.25, -0.2) is 4.98 Å². The first-order valence-corrected chi connectivity index (χ1v) is 5.56. The molecule has 0 aliphatic heterocycles. The van der Waals surface area contributed by atoms with E-state index in [1.54, 1.807) is 0 Å². The zero-order chi connectivity index (χ0) is 10.8. The molecule has 1 aromatic heterocycles. The lowest BCUT2D eigenvalue weighted by Crippen LogP contribution is -1.84. The largest absolute Gasteiger partial charge is 0.389 e. The van der Waals surface area contributed by atoms with Gasteiger partial charge in [0.25, 0.3) is 0 Å². The number of hydrogen-bond acceptors (Lipinski definition) is 4. The summed E-state index contributed by atoms with van der Waals surface area (Å²) in [5, 5.41) is 10.2. The SMILES string of the molecule is Cc1ccc(-c2nsc(CO)n2)cc1Cl. The number of benzene rings is 1. The van der Waals surface area contributed by atoms with Gasteiger partial charge >= 0.3 is 0 Å². The van der Waals surface area contributed by atoms with Gasteiger partial charge in [-0.15, -0.1) is 0 Å². The summed E-state index contributed by atoms with van der Waals surface area (Å²) in [5.41, 5.74) is 1.90. The highest BCUT2D eigenvalue weighted by atomic mass is 35.5. The van der Waals surface area contributed by atoms with Gasteiger partial charge in [0.1, 0.15) is 5.01 Å². The minimum atomic E-state index is -0.0722. The Hall–Kier alpha value is -0.970. The van der Waals surface area contributed by atoms with Crippen molar-refractivity contribution < 1.29 is 5.11 Å². The molecule has 0 fully saturated rings. The molecule has 5 heteroatoms. The van der Waals surface area contributed by atoms with E-state index < -0.39 is 0 Å². The summed E-state index contributed by atoms with van der Waals surface area (Å²) in [6.07, 6.45) is 0. The van der Waals surface area contributed by atoms with Crippen LogP contribution < -0.4 is 0 Å². The fourth-order valence-electron chi connectivity index (χ4n) is 1.17. The quantitative estimate of drug-likeness (QED) is 0.878. The first-order valence-electron chi connectivity index (χ1n) is 4.40. The highest BCUT2D eigenvalue weighted by Gasteiger charge is 2.06. The molecule has 0 aliphatic carbocycles. The van der Waals surface area contributed by atoms with E-state index in [0.29, 0.717) is 15.9 Å². The van der Waals surface area contributed by atoms with Gasteiger partial charge in [-0.2, -0.15) is 4.37 Å².